The summed E-state index contributed by atoms with van der Waals surface area (Å²) in [5.41, 5.74) is 2.81. The van der Waals surface area contributed by atoms with Gasteiger partial charge in [0.25, 0.3) is 0 Å². The fourth-order valence-corrected chi connectivity index (χ4v) is 1.96. The number of aryl methyl sites for hydroxylation is 1. The summed E-state index contributed by atoms with van der Waals surface area (Å²) in [4.78, 5) is 4.09. The van der Waals surface area contributed by atoms with Gasteiger partial charge >= 0.3 is 0 Å². The van der Waals surface area contributed by atoms with Crippen LogP contribution in [0, 0.1) is 0 Å². The second-order valence-corrected chi connectivity index (χ2v) is 3.17. The highest BCUT2D eigenvalue weighted by molar-refractivity contribution is 7.13. The molecule has 0 radical (unpaired) electrons. The standard InChI is InChI=1S/C8H11N2P/c11-10-8-2-1-6-5-9-4-3-7(6)8/h3-5,8,10H,1-2,11H2. The van der Waals surface area contributed by atoms with Crippen LogP contribution >= 0.6 is 9.39 Å². The molecule has 1 heterocycles. The Kier molecular flexibility index (Phi) is 1.89. The second kappa shape index (κ2) is 2.88. The Morgan fingerprint density at radius 2 is 2.55 bits per heavy atom. The topological polar surface area (TPSA) is 24.9 Å². The lowest BCUT2D eigenvalue weighted by Gasteiger charge is -2.07. The lowest BCUT2D eigenvalue weighted by Crippen LogP contribution is -2.05. The van der Waals surface area contributed by atoms with Gasteiger partial charge in [0, 0.05) is 18.4 Å². The minimum Gasteiger partial charge on any atom is -0.294 e. The van der Waals surface area contributed by atoms with Crippen LogP contribution in [0.1, 0.15) is 23.6 Å². The van der Waals surface area contributed by atoms with E-state index < -0.39 is 0 Å². The van der Waals surface area contributed by atoms with Crippen LogP contribution < -0.4 is 5.09 Å². The van der Waals surface area contributed by atoms with Crippen molar-refractivity contribution in [3.05, 3.63) is 29.6 Å². The van der Waals surface area contributed by atoms with Crippen molar-refractivity contribution >= 4 is 9.39 Å². The van der Waals surface area contributed by atoms with Crippen LogP contribution in [0.4, 0.5) is 0 Å². The number of hydrogen-bond donors (Lipinski definition) is 1. The van der Waals surface area contributed by atoms with Gasteiger partial charge in [0.15, 0.2) is 0 Å². The van der Waals surface area contributed by atoms with Crippen molar-refractivity contribution in [3.8, 4) is 0 Å². The van der Waals surface area contributed by atoms with Gasteiger partial charge in [-0.1, -0.05) is 9.39 Å². The number of hydrogen-bond acceptors (Lipinski definition) is 2. The molecule has 1 aliphatic carbocycles. The van der Waals surface area contributed by atoms with E-state index >= 15 is 0 Å². The Labute approximate surface area is 68.7 Å². The van der Waals surface area contributed by atoms with Gasteiger partial charge in [0.05, 0.1) is 0 Å². The molecule has 0 amide bonds. The summed E-state index contributed by atoms with van der Waals surface area (Å²) in [6.07, 6.45) is 6.19. The maximum atomic E-state index is 4.09. The molecule has 1 aromatic heterocycles. The Morgan fingerprint density at radius 1 is 1.64 bits per heavy atom. The first-order valence-corrected chi connectivity index (χ1v) is 4.38. The maximum Gasteiger partial charge on any atom is 0.0358 e. The predicted octanol–water partition coefficient (Wildman–Crippen LogP) is 1.45. The van der Waals surface area contributed by atoms with E-state index in [1.807, 2.05) is 12.4 Å². The van der Waals surface area contributed by atoms with Crippen molar-refractivity contribution in [1.82, 2.24) is 10.1 Å². The Bertz CT molecular complexity index is 262. The molecule has 0 spiro atoms. The number of nitrogens with one attached hydrogen (secondary N) is 1. The molecule has 1 aromatic rings. The monoisotopic (exact) mass is 166 g/mol. The van der Waals surface area contributed by atoms with Gasteiger partial charge in [-0.3, -0.25) is 10.1 Å². The minimum absolute atomic E-state index is 0.526. The Morgan fingerprint density at radius 3 is 3.36 bits per heavy atom. The fourth-order valence-electron chi connectivity index (χ4n) is 1.62. The van der Waals surface area contributed by atoms with Crippen LogP contribution in [0.2, 0.25) is 0 Å². The Hall–Kier alpha value is -0.460. The van der Waals surface area contributed by atoms with E-state index in [1.165, 1.54) is 17.5 Å². The zero-order valence-electron chi connectivity index (χ0n) is 6.25. The van der Waals surface area contributed by atoms with Crippen LogP contribution in [0.3, 0.4) is 0 Å². The third-order valence-electron chi connectivity index (χ3n) is 2.22. The van der Waals surface area contributed by atoms with Crippen molar-refractivity contribution in [2.45, 2.75) is 18.9 Å². The average Bonchev–Trinajstić information content (AvgIpc) is 2.47. The number of aromatic nitrogens is 1. The highest BCUT2D eigenvalue weighted by Crippen LogP contribution is 2.30. The molecule has 0 aliphatic heterocycles. The average molecular weight is 166 g/mol. The van der Waals surface area contributed by atoms with Gasteiger partial charge in [-0.25, -0.2) is 0 Å². The second-order valence-electron chi connectivity index (χ2n) is 2.83. The lowest BCUT2D eigenvalue weighted by atomic mass is 10.1. The van der Waals surface area contributed by atoms with E-state index in [0.717, 1.165) is 6.42 Å². The molecule has 1 aliphatic rings. The summed E-state index contributed by atoms with van der Waals surface area (Å²) in [6, 6.07) is 2.63. The molecular formula is C8H11N2P. The van der Waals surface area contributed by atoms with Crippen molar-refractivity contribution in [2.24, 2.45) is 0 Å². The van der Waals surface area contributed by atoms with Crippen LogP contribution in [0.15, 0.2) is 18.5 Å². The molecule has 2 rings (SSSR count). The number of rotatable bonds is 1. The molecule has 0 saturated heterocycles. The van der Waals surface area contributed by atoms with E-state index in [0.29, 0.717) is 6.04 Å². The summed E-state index contributed by atoms with van der Waals surface area (Å²) in [7, 11) is 2.57. The van der Waals surface area contributed by atoms with E-state index in [9.17, 15) is 0 Å². The highest BCUT2D eigenvalue weighted by Gasteiger charge is 2.19. The molecule has 2 nitrogen and oxygen atoms in total. The van der Waals surface area contributed by atoms with E-state index in [1.54, 1.807) is 0 Å². The van der Waals surface area contributed by atoms with Crippen molar-refractivity contribution < 1.29 is 0 Å². The van der Waals surface area contributed by atoms with Crippen LogP contribution in [-0.2, 0) is 6.42 Å². The first kappa shape index (κ1) is 7.20. The number of nitrogens with zero attached hydrogens (tertiary/aromatic N) is 1. The molecule has 0 saturated carbocycles. The third kappa shape index (κ3) is 1.17. The molecular weight excluding hydrogens is 155 g/mol. The number of pyridine rings is 1. The molecule has 11 heavy (non-hydrogen) atoms. The highest BCUT2D eigenvalue weighted by atomic mass is 31.0. The summed E-state index contributed by atoms with van der Waals surface area (Å²) in [5, 5.41) is 3.21. The largest absolute Gasteiger partial charge is 0.294 e. The van der Waals surface area contributed by atoms with Crippen LogP contribution in [-0.4, -0.2) is 4.98 Å². The smallest absolute Gasteiger partial charge is 0.0358 e. The first-order chi connectivity index (χ1) is 5.42. The summed E-state index contributed by atoms with van der Waals surface area (Å²) in [5.74, 6) is 0. The molecule has 1 N–H and O–H groups in total. The molecule has 0 bridgehead atoms. The molecule has 2 atom stereocenters. The van der Waals surface area contributed by atoms with Gasteiger partial charge in [0.2, 0.25) is 0 Å². The maximum absolute atomic E-state index is 4.09. The van der Waals surface area contributed by atoms with E-state index in [2.05, 4.69) is 25.5 Å². The summed E-state index contributed by atoms with van der Waals surface area (Å²) >= 11 is 0. The third-order valence-corrected chi connectivity index (χ3v) is 2.62. The fraction of sp³-hybridized carbons (Fsp3) is 0.375. The molecule has 0 aromatic carbocycles. The first-order valence-electron chi connectivity index (χ1n) is 3.80. The SMILES string of the molecule is PNC1CCc2cnccc21. The molecule has 2 unspecified atom stereocenters. The zero-order chi connectivity index (χ0) is 7.68. The van der Waals surface area contributed by atoms with Gasteiger partial charge in [-0.2, -0.15) is 0 Å². The Balaban J connectivity index is 2.39. The predicted molar refractivity (Wildman–Crippen MR) is 48.1 cm³/mol. The molecule has 3 heteroatoms. The van der Waals surface area contributed by atoms with Crippen molar-refractivity contribution in [3.63, 3.8) is 0 Å². The van der Waals surface area contributed by atoms with Gasteiger partial charge in [0.1, 0.15) is 0 Å². The van der Waals surface area contributed by atoms with Crippen molar-refractivity contribution in [2.75, 3.05) is 0 Å². The molecule has 58 valence electrons. The van der Waals surface area contributed by atoms with Crippen molar-refractivity contribution in [1.29, 1.82) is 0 Å². The molecule has 0 fully saturated rings. The van der Waals surface area contributed by atoms with Gasteiger partial charge < -0.3 is 0 Å². The quantitative estimate of drug-likeness (QED) is 0.638. The van der Waals surface area contributed by atoms with Crippen LogP contribution in [0.25, 0.3) is 0 Å². The van der Waals surface area contributed by atoms with Gasteiger partial charge in [-0.15, -0.1) is 0 Å². The van der Waals surface area contributed by atoms with Gasteiger partial charge in [-0.05, 0) is 30.0 Å². The summed E-state index contributed by atoms with van der Waals surface area (Å²) < 4.78 is 0. The minimum atomic E-state index is 0.526. The lowest BCUT2D eigenvalue weighted by molar-refractivity contribution is 0.667. The summed E-state index contributed by atoms with van der Waals surface area (Å²) in [6.45, 7) is 0. The normalized spacial score (nSPS) is 21.7. The van der Waals surface area contributed by atoms with E-state index in [4.69, 9.17) is 0 Å². The zero-order valence-corrected chi connectivity index (χ0v) is 7.40. The van der Waals surface area contributed by atoms with Crippen LogP contribution in [0.5, 0.6) is 0 Å². The number of fused-ring (bicyclic) bond motifs is 1. The van der Waals surface area contributed by atoms with E-state index in [-0.39, 0.29) is 0 Å².